The van der Waals surface area contributed by atoms with Crippen LogP contribution in [-0.4, -0.2) is 37.2 Å². The Kier molecular flexibility index (Phi) is 3.74. The van der Waals surface area contributed by atoms with Crippen molar-refractivity contribution in [3.05, 3.63) is 58.8 Å². The molecular formula is C20H22N6O. The van der Waals surface area contributed by atoms with E-state index >= 15 is 0 Å². The molecule has 3 aromatic heterocycles. The van der Waals surface area contributed by atoms with Gasteiger partial charge in [0.1, 0.15) is 5.82 Å². The van der Waals surface area contributed by atoms with Gasteiger partial charge in [-0.1, -0.05) is 19.1 Å². The number of nitrogens with zero attached hydrogens (tertiary/aromatic N) is 5. The summed E-state index contributed by atoms with van der Waals surface area (Å²) in [4.78, 5) is 22.5. The first-order valence-corrected chi connectivity index (χ1v) is 9.52. The third kappa shape index (κ3) is 2.61. The molecule has 0 saturated carbocycles. The second-order valence-electron chi connectivity index (χ2n) is 7.10. The largest absolute Gasteiger partial charge is 0.356 e. The summed E-state index contributed by atoms with van der Waals surface area (Å²) in [6.45, 7) is 3.89. The molecule has 0 amide bonds. The zero-order valence-corrected chi connectivity index (χ0v) is 15.3. The smallest absolute Gasteiger partial charge is 0.326 e. The van der Waals surface area contributed by atoms with Crippen LogP contribution in [0.25, 0.3) is 16.7 Å². The fraction of sp³-hybridized carbons (Fsp3) is 0.350. The van der Waals surface area contributed by atoms with Crippen LogP contribution in [0.3, 0.4) is 0 Å². The van der Waals surface area contributed by atoms with E-state index in [1.807, 2.05) is 39.4 Å². The second kappa shape index (κ2) is 6.26. The van der Waals surface area contributed by atoms with Gasteiger partial charge in [-0.15, -0.1) is 0 Å². The zero-order valence-electron chi connectivity index (χ0n) is 15.3. The molecule has 1 N–H and O–H groups in total. The van der Waals surface area contributed by atoms with Crippen LogP contribution < -0.4 is 10.6 Å². The minimum atomic E-state index is -0.0127. The molecule has 5 rings (SSSR count). The van der Waals surface area contributed by atoms with Crippen LogP contribution in [0, 0.1) is 0 Å². The quantitative estimate of drug-likeness (QED) is 0.608. The van der Waals surface area contributed by atoms with Crippen LogP contribution in [0.2, 0.25) is 0 Å². The van der Waals surface area contributed by atoms with Crippen LogP contribution in [0.4, 0.5) is 5.82 Å². The van der Waals surface area contributed by atoms with E-state index in [2.05, 4.69) is 33.0 Å². The molecular weight excluding hydrogens is 340 g/mol. The van der Waals surface area contributed by atoms with Gasteiger partial charge in [0.15, 0.2) is 5.65 Å². The number of aromatic nitrogens is 5. The molecule has 4 heterocycles. The maximum atomic E-state index is 12.5. The molecule has 4 aromatic rings. The fourth-order valence-electron chi connectivity index (χ4n) is 4.14. The van der Waals surface area contributed by atoms with Gasteiger partial charge in [0.2, 0.25) is 0 Å². The zero-order chi connectivity index (χ0) is 18.4. The summed E-state index contributed by atoms with van der Waals surface area (Å²) in [5, 5.41) is 4.45. The lowest BCUT2D eigenvalue weighted by Gasteiger charge is -2.34. The SMILES string of the molecule is CCc1cc(N2CCC(n3c(=O)[nH]c4ccccc43)CC2)n2nccc2n1. The van der Waals surface area contributed by atoms with E-state index in [-0.39, 0.29) is 11.7 Å². The molecule has 0 aliphatic carbocycles. The number of rotatable bonds is 3. The fourth-order valence-corrected chi connectivity index (χ4v) is 4.14. The first-order valence-electron chi connectivity index (χ1n) is 9.52. The monoisotopic (exact) mass is 362 g/mol. The third-order valence-electron chi connectivity index (χ3n) is 5.53. The summed E-state index contributed by atoms with van der Waals surface area (Å²) in [5.74, 6) is 1.09. The highest BCUT2D eigenvalue weighted by Gasteiger charge is 2.25. The van der Waals surface area contributed by atoms with Crippen molar-refractivity contribution < 1.29 is 0 Å². The van der Waals surface area contributed by atoms with Gasteiger partial charge >= 0.3 is 5.69 Å². The number of imidazole rings is 1. The lowest BCUT2D eigenvalue weighted by atomic mass is 10.0. The van der Waals surface area contributed by atoms with Gasteiger partial charge in [0.05, 0.1) is 17.2 Å². The van der Waals surface area contributed by atoms with Crippen LogP contribution in [0.15, 0.2) is 47.4 Å². The Hall–Kier alpha value is -3.09. The molecule has 0 unspecified atom stereocenters. The van der Waals surface area contributed by atoms with E-state index in [4.69, 9.17) is 0 Å². The highest BCUT2D eigenvalue weighted by molar-refractivity contribution is 5.75. The summed E-state index contributed by atoms with van der Waals surface area (Å²) >= 11 is 0. The number of nitrogens with one attached hydrogen (secondary N) is 1. The maximum Gasteiger partial charge on any atom is 0.326 e. The Morgan fingerprint density at radius 3 is 2.81 bits per heavy atom. The van der Waals surface area contributed by atoms with E-state index in [0.29, 0.717) is 0 Å². The van der Waals surface area contributed by atoms with Gasteiger partial charge in [0, 0.05) is 37.0 Å². The third-order valence-corrected chi connectivity index (χ3v) is 5.53. The van der Waals surface area contributed by atoms with E-state index in [0.717, 1.165) is 60.5 Å². The predicted molar refractivity (Wildman–Crippen MR) is 105 cm³/mol. The Labute approximate surface area is 156 Å². The van der Waals surface area contributed by atoms with Gasteiger partial charge < -0.3 is 9.88 Å². The van der Waals surface area contributed by atoms with E-state index in [9.17, 15) is 4.79 Å². The lowest BCUT2D eigenvalue weighted by Crippen LogP contribution is -2.38. The van der Waals surface area contributed by atoms with Crippen molar-refractivity contribution in [3.8, 4) is 0 Å². The summed E-state index contributed by atoms with van der Waals surface area (Å²) in [7, 11) is 0. The summed E-state index contributed by atoms with van der Waals surface area (Å²) < 4.78 is 3.84. The number of H-pyrrole nitrogens is 1. The number of anilines is 1. The Morgan fingerprint density at radius 2 is 2.00 bits per heavy atom. The van der Waals surface area contributed by atoms with Gasteiger partial charge in [-0.2, -0.15) is 9.61 Å². The average molecular weight is 362 g/mol. The van der Waals surface area contributed by atoms with Gasteiger partial charge in [-0.3, -0.25) is 4.57 Å². The lowest BCUT2D eigenvalue weighted by molar-refractivity contribution is 0.394. The molecule has 1 saturated heterocycles. The number of aryl methyl sites for hydroxylation is 1. The highest BCUT2D eigenvalue weighted by Crippen LogP contribution is 2.28. The number of benzene rings is 1. The van der Waals surface area contributed by atoms with Crippen molar-refractivity contribution in [1.82, 2.24) is 24.1 Å². The normalized spacial score (nSPS) is 15.8. The summed E-state index contributed by atoms with van der Waals surface area (Å²) in [6, 6.07) is 12.2. The van der Waals surface area contributed by atoms with Crippen molar-refractivity contribution in [1.29, 1.82) is 0 Å². The molecule has 0 bridgehead atoms. The number of para-hydroxylation sites is 2. The van der Waals surface area contributed by atoms with Crippen molar-refractivity contribution in [3.63, 3.8) is 0 Å². The van der Waals surface area contributed by atoms with E-state index in [1.54, 1.807) is 6.20 Å². The van der Waals surface area contributed by atoms with Crippen molar-refractivity contribution in [2.45, 2.75) is 32.2 Å². The van der Waals surface area contributed by atoms with Gasteiger partial charge in [-0.05, 0) is 31.4 Å². The van der Waals surface area contributed by atoms with E-state index in [1.165, 1.54) is 0 Å². The molecule has 0 spiro atoms. The van der Waals surface area contributed by atoms with Crippen molar-refractivity contribution in [2.75, 3.05) is 18.0 Å². The summed E-state index contributed by atoms with van der Waals surface area (Å²) in [5.41, 5.74) is 3.85. The van der Waals surface area contributed by atoms with E-state index < -0.39 is 0 Å². The molecule has 1 fully saturated rings. The van der Waals surface area contributed by atoms with Crippen LogP contribution in [0.5, 0.6) is 0 Å². The molecule has 1 aromatic carbocycles. The van der Waals surface area contributed by atoms with Crippen molar-refractivity contribution in [2.24, 2.45) is 0 Å². The Bertz CT molecular complexity index is 1160. The second-order valence-corrected chi connectivity index (χ2v) is 7.10. The molecule has 0 radical (unpaired) electrons. The standard InChI is InChI=1S/C20H22N6O/c1-2-14-13-19(26-18(22-14)7-10-21-26)24-11-8-15(9-12-24)25-17-6-4-3-5-16(17)23-20(25)27/h3-7,10,13,15H,2,8-9,11-12H2,1H3,(H,23,27). The van der Waals surface area contributed by atoms with Gasteiger partial charge in [0.25, 0.3) is 0 Å². The number of piperidine rings is 1. The molecule has 27 heavy (non-hydrogen) atoms. The Morgan fingerprint density at radius 1 is 1.19 bits per heavy atom. The number of hydrogen-bond donors (Lipinski definition) is 1. The predicted octanol–water partition coefficient (Wildman–Crippen LogP) is 2.78. The average Bonchev–Trinajstić information content (AvgIpc) is 3.30. The molecule has 7 nitrogen and oxygen atoms in total. The van der Waals surface area contributed by atoms with Crippen LogP contribution in [-0.2, 0) is 6.42 Å². The first kappa shape index (κ1) is 16.1. The minimum Gasteiger partial charge on any atom is -0.356 e. The number of aromatic amines is 1. The molecule has 1 aliphatic rings. The van der Waals surface area contributed by atoms with Gasteiger partial charge in [-0.25, -0.2) is 9.78 Å². The minimum absolute atomic E-state index is 0.0127. The number of hydrogen-bond acceptors (Lipinski definition) is 4. The highest BCUT2D eigenvalue weighted by atomic mass is 16.1. The maximum absolute atomic E-state index is 12.5. The molecule has 138 valence electrons. The molecule has 1 aliphatic heterocycles. The molecule has 7 heteroatoms. The Balaban J connectivity index is 1.44. The molecule has 0 atom stereocenters. The van der Waals surface area contributed by atoms with Crippen LogP contribution >= 0.6 is 0 Å². The van der Waals surface area contributed by atoms with Crippen molar-refractivity contribution >= 4 is 22.5 Å². The first-order chi connectivity index (χ1) is 13.2. The summed E-state index contributed by atoms with van der Waals surface area (Å²) in [6.07, 6.45) is 4.54. The number of fused-ring (bicyclic) bond motifs is 2. The topological polar surface area (TPSA) is 71.2 Å². The van der Waals surface area contributed by atoms with Crippen LogP contribution in [0.1, 0.15) is 31.5 Å².